The molecule has 0 heterocycles. The minimum absolute atomic E-state index is 0.122. The highest BCUT2D eigenvalue weighted by molar-refractivity contribution is 6.09. The maximum atomic E-state index is 13.0. The van der Waals surface area contributed by atoms with Crippen LogP contribution in [-0.2, 0) is 15.8 Å². The summed E-state index contributed by atoms with van der Waals surface area (Å²) in [5.74, 6) is -1.40. The van der Waals surface area contributed by atoms with E-state index >= 15 is 0 Å². The number of alkyl halides is 3. The Bertz CT molecular complexity index is 1380. The fourth-order valence-corrected chi connectivity index (χ4v) is 3.16. The van der Waals surface area contributed by atoms with Crippen LogP contribution in [0.5, 0.6) is 11.5 Å². The summed E-state index contributed by atoms with van der Waals surface area (Å²) < 4.78 is 62.9. The smallest absolute Gasteiger partial charge is 0.416 e. The van der Waals surface area contributed by atoms with Crippen LogP contribution >= 0.6 is 0 Å². The fraction of sp³-hybridized carbons (Fsp3) is 0.148. The van der Waals surface area contributed by atoms with Gasteiger partial charge in [0.2, 0.25) is 0 Å². The van der Waals surface area contributed by atoms with Crippen molar-refractivity contribution in [3.63, 3.8) is 0 Å². The van der Waals surface area contributed by atoms with Crippen molar-refractivity contribution in [2.75, 3.05) is 23.8 Å². The molecule has 0 bridgehead atoms. The SMILES string of the molecule is CCOc1cc(/C=C(\C#N)C(=O)Nc2cccc(C(F)(F)F)c2)ccc1OCC(=O)Nc1ccc(F)cc1. The van der Waals surface area contributed by atoms with Crippen LogP contribution in [0.4, 0.5) is 28.9 Å². The summed E-state index contributed by atoms with van der Waals surface area (Å²) in [6, 6.07) is 15.4. The Balaban J connectivity index is 1.72. The van der Waals surface area contributed by atoms with Crippen molar-refractivity contribution in [3.05, 3.63) is 89.2 Å². The number of anilines is 2. The normalized spacial score (nSPS) is 11.3. The van der Waals surface area contributed by atoms with Crippen LogP contribution < -0.4 is 20.1 Å². The molecule has 38 heavy (non-hydrogen) atoms. The average Bonchev–Trinajstić information content (AvgIpc) is 2.88. The minimum atomic E-state index is -4.59. The van der Waals surface area contributed by atoms with E-state index in [1.807, 2.05) is 0 Å². The molecule has 0 aromatic heterocycles. The van der Waals surface area contributed by atoms with Crippen LogP contribution in [0.3, 0.4) is 0 Å². The van der Waals surface area contributed by atoms with Crippen molar-refractivity contribution in [1.82, 2.24) is 0 Å². The van der Waals surface area contributed by atoms with Crippen LogP contribution in [-0.4, -0.2) is 25.0 Å². The molecular formula is C27H21F4N3O4. The van der Waals surface area contributed by atoms with Gasteiger partial charge in [0.1, 0.15) is 17.5 Å². The molecule has 0 saturated heterocycles. The molecule has 0 radical (unpaired) electrons. The third-order valence-corrected chi connectivity index (χ3v) is 4.88. The maximum Gasteiger partial charge on any atom is 0.416 e. The molecule has 2 N–H and O–H groups in total. The zero-order valence-corrected chi connectivity index (χ0v) is 19.9. The number of amides is 2. The van der Waals surface area contributed by atoms with E-state index in [0.717, 1.165) is 18.2 Å². The van der Waals surface area contributed by atoms with Gasteiger partial charge in [-0.25, -0.2) is 4.39 Å². The van der Waals surface area contributed by atoms with Gasteiger partial charge < -0.3 is 20.1 Å². The Kier molecular flexibility index (Phi) is 9.05. The van der Waals surface area contributed by atoms with E-state index in [-0.39, 0.29) is 36.0 Å². The summed E-state index contributed by atoms with van der Waals surface area (Å²) in [5.41, 5.74) is -0.674. The van der Waals surface area contributed by atoms with Gasteiger partial charge in [-0.05, 0) is 73.2 Å². The van der Waals surface area contributed by atoms with E-state index in [0.29, 0.717) is 11.3 Å². The molecule has 0 atom stereocenters. The van der Waals surface area contributed by atoms with Crippen LogP contribution in [0.25, 0.3) is 6.08 Å². The third kappa shape index (κ3) is 7.83. The lowest BCUT2D eigenvalue weighted by atomic mass is 10.1. The highest BCUT2D eigenvalue weighted by atomic mass is 19.4. The van der Waals surface area contributed by atoms with Crippen molar-refractivity contribution >= 4 is 29.3 Å². The van der Waals surface area contributed by atoms with Gasteiger partial charge in [-0.15, -0.1) is 0 Å². The Morgan fingerprint density at radius 2 is 1.68 bits per heavy atom. The summed E-state index contributed by atoms with van der Waals surface area (Å²) in [5, 5.41) is 14.3. The molecule has 0 unspecified atom stereocenters. The van der Waals surface area contributed by atoms with Gasteiger partial charge in [0.05, 0.1) is 12.2 Å². The molecule has 0 saturated carbocycles. The van der Waals surface area contributed by atoms with Gasteiger partial charge in [-0.2, -0.15) is 18.4 Å². The van der Waals surface area contributed by atoms with Crippen LogP contribution in [0.2, 0.25) is 0 Å². The average molecular weight is 527 g/mol. The van der Waals surface area contributed by atoms with Crippen molar-refractivity contribution < 1.29 is 36.6 Å². The molecular weight excluding hydrogens is 506 g/mol. The highest BCUT2D eigenvalue weighted by Gasteiger charge is 2.30. The first-order valence-corrected chi connectivity index (χ1v) is 11.1. The first-order valence-electron chi connectivity index (χ1n) is 11.1. The first kappa shape index (κ1) is 27.7. The number of carbonyl (C=O) groups is 2. The summed E-state index contributed by atoms with van der Waals surface area (Å²) in [7, 11) is 0. The van der Waals surface area contributed by atoms with E-state index in [9.17, 15) is 32.4 Å². The van der Waals surface area contributed by atoms with E-state index in [2.05, 4.69) is 10.6 Å². The second kappa shape index (κ2) is 12.4. The van der Waals surface area contributed by atoms with Gasteiger partial charge in [-0.1, -0.05) is 12.1 Å². The lowest BCUT2D eigenvalue weighted by Crippen LogP contribution is -2.20. The first-order chi connectivity index (χ1) is 18.1. The predicted octanol–water partition coefficient (Wildman–Crippen LogP) is 5.81. The van der Waals surface area contributed by atoms with Crippen LogP contribution in [0, 0.1) is 17.1 Å². The second-order valence-electron chi connectivity index (χ2n) is 7.69. The number of hydrogen-bond donors (Lipinski definition) is 2. The van der Waals surface area contributed by atoms with Gasteiger partial charge in [0.25, 0.3) is 11.8 Å². The number of benzene rings is 3. The molecule has 3 rings (SSSR count). The summed E-state index contributed by atoms with van der Waals surface area (Å²) in [6.07, 6.45) is -3.35. The lowest BCUT2D eigenvalue weighted by Gasteiger charge is -2.13. The van der Waals surface area contributed by atoms with E-state index in [1.165, 1.54) is 54.6 Å². The Morgan fingerprint density at radius 3 is 2.34 bits per heavy atom. The summed E-state index contributed by atoms with van der Waals surface area (Å²) in [6.45, 7) is 1.58. The number of carbonyl (C=O) groups excluding carboxylic acids is 2. The van der Waals surface area contributed by atoms with Gasteiger partial charge in [-0.3, -0.25) is 9.59 Å². The predicted molar refractivity (Wildman–Crippen MR) is 132 cm³/mol. The number of nitrogens with zero attached hydrogens (tertiary/aromatic N) is 1. The van der Waals surface area contributed by atoms with E-state index < -0.39 is 29.4 Å². The number of hydrogen-bond acceptors (Lipinski definition) is 5. The fourth-order valence-electron chi connectivity index (χ4n) is 3.16. The molecule has 0 aliphatic rings. The quantitative estimate of drug-likeness (QED) is 0.208. The van der Waals surface area contributed by atoms with Crippen LogP contribution in [0.15, 0.2) is 72.3 Å². The molecule has 0 spiro atoms. The largest absolute Gasteiger partial charge is 0.490 e. The third-order valence-electron chi connectivity index (χ3n) is 4.88. The standard InChI is InChI=1S/C27H21F4N3O4/c1-2-37-24-13-17(6-11-23(24)38-16-25(35)33-21-9-7-20(28)8-10-21)12-18(15-32)26(36)34-22-5-3-4-19(14-22)27(29,30)31/h3-14H,2,16H2,1H3,(H,33,35)(H,34,36)/b18-12+. The Morgan fingerprint density at radius 1 is 0.947 bits per heavy atom. The van der Waals surface area contributed by atoms with E-state index in [1.54, 1.807) is 13.0 Å². The highest BCUT2D eigenvalue weighted by Crippen LogP contribution is 2.31. The van der Waals surface area contributed by atoms with Crippen molar-refractivity contribution in [2.24, 2.45) is 0 Å². The molecule has 0 fully saturated rings. The zero-order chi connectivity index (χ0) is 27.7. The van der Waals surface area contributed by atoms with E-state index in [4.69, 9.17) is 9.47 Å². The zero-order valence-electron chi connectivity index (χ0n) is 19.9. The Hall–Kier alpha value is -4.85. The molecule has 2 amide bonds. The number of nitriles is 1. The number of rotatable bonds is 9. The molecule has 7 nitrogen and oxygen atoms in total. The number of halogens is 4. The van der Waals surface area contributed by atoms with Gasteiger partial charge in [0.15, 0.2) is 18.1 Å². The molecule has 3 aromatic carbocycles. The minimum Gasteiger partial charge on any atom is -0.490 e. The van der Waals surface area contributed by atoms with Crippen molar-refractivity contribution in [2.45, 2.75) is 13.1 Å². The van der Waals surface area contributed by atoms with Crippen LogP contribution in [0.1, 0.15) is 18.1 Å². The van der Waals surface area contributed by atoms with Gasteiger partial charge in [0, 0.05) is 11.4 Å². The van der Waals surface area contributed by atoms with Gasteiger partial charge >= 0.3 is 6.18 Å². The summed E-state index contributed by atoms with van der Waals surface area (Å²) in [4.78, 5) is 24.7. The topological polar surface area (TPSA) is 100 Å². The molecule has 196 valence electrons. The molecule has 3 aromatic rings. The molecule has 11 heteroatoms. The Labute approximate surface area is 215 Å². The van der Waals surface area contributed by atoms with Crippen molar-refractivity contribution in [1.29, 1.82) is 5.26 Å². The lowest BCUT2D eigenvalue weighted by molar-refractivity contribution is -0.137. The monoisotopic (exact) mass is 527 g/mol. The summed E-state index contributed by atoms with van der Waals surface area (Å²) >= 11 is 0. The number of nitrogens with one attached hydrogen (secondary N) is 2. The van der Waals surface area contributed by atoms with Crippen molar-refractivity contribution in [3.8, 4) is 17.6 Å². The number of ether oxygens (including phenoxy) is 2. The molecule has 0 aliphatic heterocycles. The maximum absolute atomic E-state index is 13.0. The second-order valence-corrected chi connectivity index (χ2v) is 7.69. The molecule has 0 aliphatic carbocycles.